The molecule has 0 radical (unpaired) electrons. The van der Waals surface area contributed by atoms with Crippen molar-refractivity contribution in [2.24, 2.45) is 5.92 Å². The zero-order valence-electron chi connectivity index (χ0n) is 16.2. The van der Waals surface area contributed by atoms with E-state index in [1.165, 1.54) is 0 Å². The molecule has 5 heteroatoms. The standard InChI is InChI=1S/C24H22N2O3/c1-17-6-5-9-22(14-17)29-21-12-10-19(11-13-21)25-24(28)18-15-23(27)26(16-18)20-7-3-2-4-8-20/h2-14,18H,15-16H2,1H3,(H,25,28)/t18-/m0/s1. The average molecular weight is 386 g/mol. The lowest BCUT2D eigenvalue weighted by molar-refractivity contribution is -0.122. The molecule has 29 heavy (non-hydrogen) atoms. The molecule has 0 unspecified atom stereocenters. The Balaban J connectivity index is 1.37. The van der Waals surface area contributed by atoms with Gasteiger partial charge in [0.2, 0.25) is 11.8 Å². The third-order valence-corrected chi connectivity index (χ3v) is 4.91. The summed E-state index contributed by atoms with van der Waals surface area (Å²) >= 11 is 0. The number of rotatable bonds is 5. The molecule has 1 aliphatic heterocycles. The second-order valence-corrected chi connectivity index (χ2v) is 7.17. The molecule has 1 aliphatic rings. The van der Waals surface area contributed by atoms with Crippen molar-refractivity contribution in [2.75, 3.05) is 16.8 Å². The molecule has 4 rings (SSSR count). The molecule has 0 bridgehead atoms. The molecule has 146 valence electrons. The van der Waals surface area contributed by atoms with Crippen molar-refractivity contribution >= 4 is 23.2 Å². The SMILES string of the molecule is Cc1cccc(Oc2ccc(NC(=O)[C@H]3CC(=O)N(c4ccccc4)C3)cc2)c1. The lowest BCUT2D eigenvalue weighted by Crippen LogP contribution is -2.28. The molecule has 5 nitrogen and oxygen atoms in total. The van der Waals surface area contributed by atoms with Crippen molar-refractivity contribution < 1.29 is 14.3 Å². The zero-order chi connectivity index (χ0) is 20.2. The Bertz CT molecular complexity index is 1020. The van der Waals surface area contributed by atoms with Crippen molar-refractivity contribution in [3.8, 4) is 11.5 Å². The number of ether oxygens (including phenoxy) is 1. The Morgan fingerprint density at radius 3 is 2.45 bits per heavy atom. The number of carbonyl (C=O) groups is 2. The van der Waals surface area contributed by atoms with Crippen LogP contribution in [0.1, 0.15) is 12.0 Å². The molecule has 0 aromatic heterocycles. The van der Waals surface area contributed by atoms with Gasteiger partial charge in [0.1, 0.15) is 11.5 Å². The molecule has 1 atom stereocenters. The zero-order valence-corrected chi connectivity index (χ0v) is 16.2. The predicted octanol–water partition coefficient (Wildman–Crippen LogP) is 4.78. The fourth-order valence-corrected chi connectivity index (χ4v) is 3.41. The second-order valence-electron chi connectivity index (χ2n) is 7.17. The van der Waals surface area contributed by atoms with Crippen LogP contribution in [0.2, 0.25) is 0 Å². The molecular weight excluding hydrogens is 364 g/mol. The van der Waals surface area contributed by atoms with E-state index in [0.717, 1.165) is 17.0 Å². The van der Waals surface area contributed by atoms with Crippen LogP contribution in [0.15, 0.2) is 78.9 Å². The van der Waals surface area contributed by atoms with Gasteiger partial charge in [-0.1, -0.05) is 30.3 Å². The average Bonchev–Trinajstić information content (AvgIpc) is 3.12. The van der Waals surface area contributed by atoms with Gasteiger partial charge < -0.3 is 15.0 Å². The first-order valence-electron chi connectivity index (χ1n) is 9.59. The Kier molecular flexibility index (Phi) is 5.29. The number of nitrogens with zero attached hydrogens (tertiary/aromatic N) is 1. The molecule has 1 heterocycles. The number of anilines is 2. The highest BCUT2D eigenvalue weighted by atomic mass is 16.5. The lowest BCUT2D eigenvalue weighted by atomic mass is 10.1. The van der Waals surface area contributed by atoms with Crippen LogP contribution in [0.4, 0.5) is 11.4 Å². The summed E-state index contributed by atoms with van der Waals surface area (Å²) in [6, 6.07) is 24.5. The number of aryl methyl sites for hydroxylation is 1. The molecular formula is C24H22N2O3. The van der Waals surface area contributed by atoms with Gasteiger partial charge in [-0.05, 0) is 61.0 Å². The first-order chi connectivity index (χ1) is 14.1. The number of para-hydroxylation sites is 1. The topological polar surface area (TPSA) is 58.6 Å². The van der Waals surface area contributed by atoms with Gasteiger partial charge in [-0.3, -0.25) is 9.59 Å². The smallest absolute Gasteiger partial charge is 0.229 e. The maximum Gasteiger partial charge on any atom is 0.229 e. The molecule has 2 amide bonds. The fraction of sp³-hybridized carbons (Fsp3) is 0.167. The van der Waals surface area contributed by atoms with Gasteiger partial charge in [0.05, 0.1) is 5.92 Å². The number of hydrogen-bond acceptors (Lipinski definition) is 3. The van der Waals surface area contributed by atoms with Gasteiger partial charge >= 0.3 is 0 Å². The summed E-state index contributed by atoms with van der Waals surface area (Å²) in [5, 5.41) is 2.90. The van der Waals surface area contributed by atoms with Crippen molar-refractivity contribution in [1.82, 2.24) is 0 Å². The molecule has 3 aromatic carbocycles. The van der Waals surface area contributed by atoms with E-state index in [-0.39, 0.29) is 24.2 Å². The van der Waals surface area contributed by atoms with Crippen LogP contribution in [0.5, 0.6) is 11.5 Å². The van der Waals surface area contributed by atoms with E-state index in [1.54, 1.807) is 17.0 Å². The predicted molar refractivity (Wildman–Crippen MR) is 113 cm³/mol. The van der Waals surface area contributed by atoms with E-state index in [0.29, 0.717) is 18.0 Å². The minimum atomic E-state index is -0.370. The number of benzene rings is 3. The molecule has 1 saturated heterocycles. The summed E-state index contributed by atoms with van der Waals surface area (Å²) in [6.45, 7) is 2.40. The maximum absolute atomic E-state index is 12.6. The minimum Gasteiger partial charge on any atom is -0.457 e. The Morgan fingerprint density at radius 1 is 0.966 bits per heavy atom. The summed E-state index contributed by atoms with van der Waals surface area (Å²) in [6.07, 6.45) is 0.218. The van der Waals surface area contributed by atoms with Crippen LogP contribution in [-0.4, -0.2) is 18.4 Å². The molecule has 0 spiro atoms. The third-order valence-electron chi connectivity index (χ3n) is 4.91. The van der Waals surface area contributed by atoms with Crippen molar-refractivity contribution in [3.63, 3.8) is 0 Å². The van der Waals surface area contributed by atoms with Crippen molar-refractivity contribution in [2.45, 2.75) is 13.3 Å². The fourth-order valence-electron chi connectivity index (χ4n) is 3.41. The summed E-state index contributed by atoms with van der Waals surface area (Å²) < 4.78 is 5.83. The number of amides is 2. The molecule has 0 saturated carbocycles. The first kappa shape index (κ1) is 18.7. The Hall–Kier alpha value is -3.60. The van der Waals surface area contributed by atoms with Gasteiger partial charge in [-0.15, -0.1) is 0 Å². The Morgan fingerprint density at radius 2 is 1.72 bits per heavy atom. The van der Waals surface area contributed by atoms with E-state index in [4.69, 9.17) is 4.74 Å². The second kappa shape index (κ2) is 8.19. The first-order valence-corrected chi connectivity index (χ1v) is 9.59. The number of hydrogen-bond donors (Lipinski definition) is 1. The number of nitrogens with one attached hydrogen (secondary N) is 1. The monoisotopic (exact) mass is 386 g/mol. The van der Waals surface area contributed by atoms with E-state index in [1.807, 2.05) is 73.7 Å². The third kappa shape index (κ3) is 4.46. The van der Waals surface area contributed by atoms with Crippen molar-refractivity contribution in [1.29, 1.82) is 0 Å². The van der Waals surface area contributed by atoms with E-state index < -0.39 is 0 Å². The van der Waals surface area contributed by atoms with Crippen molar-refractivity contribution in [3.05, 3.63) is 84.4 Å². The summed E-state index contributed by atoms with van der Waals surface area (Å²) in [5.74, 6) is 0.917. The van der Waals surface area contributed by atoms with Crippen LogP contribution in [-0.2, 0) is 9.59 Å². The van der Waals surface area contributed by atoms with Gasteiger partial charge in [-0.25, -0.2) is 0 Å². The minimum absolute atomic E-state index is 0.0294. The van der Waals surface area contributed by atoms with E-state index >= 15 is 0 Å². The molecule has 1 fully saturated rings. The number of carbonyl (C=O) groups excluding carboxylic acids is 2. The highest BCUT2D eigenvalue weighted by Gasteiger charge is 2.35. The largest absolute Gasteiger partial charge is 0.457 e. The highest BCUT2D eigenvalue weighted by Crippen LogP contribution is 2.27. The molecule has 1 N–H and O–H groups in total. The van der Waals surface area contributed by atoms with Gasteiger partial charge in [0.15, 0.2) is 0 Å². The summed E-state index contributed by atoms with van der Waals surface area (Å²) in [7, 11) is 0. The maximum atomic E-state index is 12.6. The highest BCUT2D eigenvalue weighted by molar-refractivity contribution is 6.03. The Labute approximate surface area is 169 Å². The van der Waals surface area contributed by atoms with Crippen LogP contribution >= 0.6 is 0 Å². The van der Waals surface area contributed by atoms with E-state index in [2.05, 4.69) is 5.32 Å². The van der Waals surface area contributed by atoms with Crippen LogP contribution in [0.25, 0.3) is 0 Å². The quantitative estimate of drug-likeness (QED) is 0.687. The summed E-state index contributed by atoms with van der Waals surface area (Å²) in [5.41, 5.74) is 2.63. The van der Waals surface area contributed by atoms with E-state index in [9.17, 15) is 9.59 Å². The lowest BCUT2D eigenvalue weighted by Gasteiger charge is -2.16. The van der Waals surface area contributed by atoms with Gasteiger partial charge in [-0.2, -0.15) is 0 Å². The van der Waals surface area contributed by atoms with Crippen LogP contribution < -0.4 is 15.0 Å². The molecule has 0 aliphatic carbocycles. The van der Waals surface area contributed by atoms with Crippen LogP contribution in [0, 0.1) is 12.8 Å². The van der Waals surface area contributed by atoms with Gasteiger partial charge in [0, 0.05) is 24.3 Å². The summed E-state index contributed by atoms with van der Waals surface area (Å²) in [4.78, 5) is 26.6. The molecule has 3 aromatic rings. The van der Waals surface area contributed by atoms with Gasteiger partial charge in [0.25, 0.3) is 0 Å². The van der Waals surface area contributed by atoms with Crippen LogP contribution in [0.3, 0.4) is 0 Å². The normalized spacial score (nSPS) is 16.0.